The van der Waals surface area contributed by atoms with Gasteiger partial charge in [0.05, 0.1) is 25.1 Å². The number of ether oxygens (including phenoxy) is 1. The highest BCUT2D eigenvalue weighted by Gasteiger charge is 2.23. The van der Waals surface area contributed by atoms with E-state index in [-0.39, 0.29) is 23.9 Å². The predicted molar refractivity (Wildman–Crippen MR) is 109 cm³/mol. The van der Waals surface area contributed by atoms with Crippen molar-refractivity contribution in [1.29, 1.82) is 0 Å². The molecule has 1 amide bonds. The summed E-state index contributed by atoms with van der Waals surface area (Å²) in [6.07, 6.45) is 0. The smallest absolute Gasteiger partial charge is 0.246 e. The zero-order chi connectivity index (χ0) is 21.7. The van der Waals surface area contributed by atoms with Gasteiger partial charge in [0.2, 0.25) is 27.6 Å². The molecule has 158 valence electrons. The number of rotatable bonds is 8. The minimum Gasteiger partial charge on any atom is -0.497 e. The lowest BCUT2D eigenvalue weighted by molar-refractivity contribution is -0.121. The molecule has 0 aliphatic heterocycles. The van der Waals surface area contributed by atoms with Crippen LogP contribution in [0.1, 0.15) is 5.89 Å². The van der Waals surface area contributed by atoms with E-state index in [4.69, 9.17) is 20.9 Å². The molecule has 1 heterocycles. The Morgan fingerprint density at radius 1 is 1.17 bits per heavy atom. The Kier molecular flexibility index (Phi) is 6.70. The summed E-state index contributed by atoms with van der Waals surface area (Å²) < 4.78 is 36.2. The van der Waals surface area contributed by atoms with Crippen LogP contribution >= 0.6 is 11.6 Å². The Morgan fingerprint density at radius 2 is 1.83 bits per heavy atom. The summed E-state index contributed by atoms with van der Waals surface area (Å²) in [7, 11) is -0.930. The first kappa shape index (κ1) is 21.8. The fourth-order valence-electron chi connectivity index (χ4n) is 2.49. The second-order valence-electron chi connectivity index (χ2n) is 6.23. The van der Waals surface area contributed by atoms with E-state index < -0.39 is 15.9 Å². The number of likely N-dealkylation sites (N-methyl/N-ethyl adjacent to an activating group) is 1. The van der Waals surface area contributed by atoms with E-state index in [0.29, 0.717) is 16.6 Å². The lowest BCUT2D eigenvalue weighted by atomic mass is 10.2. The van der Waals surface area contributed by atoms with Crippen LogP contribution in [-0.4, -0.2) is 49.5 Å². The van der Waals surface area contributed by atoms with Crippen LogP contribution < -0.4 is 10.1 Å². The van der Waals surface area contributed by atoms with Crippen molar-refractivity contribution in [3.8, 4) is 17.1 Å². The average molecular weight is 451 g/mol. The summed E-state index contributed by atoms with van der Waals surface area (Å²) >= 11 is 5.78. The van der Waals surface area contributed by atoms with Crippen molar-refractivity contribution in [3.63, 3.8) is 0 Å². The van der Waals surface area contributed by atoms with E-state index in [0.717, 1.165) is 9.87 Å². The van der Waals surface area contributed by atoms with Gasteiger partial charge in [0.1, 0.15) is 5.75 Å². The molecule has 0 aliphatic rings. The van der Waals surface area contributed by atoms with Crippen molar-refractivity contribution in [2.24, 2.45) is 0 Å². The topological polar surface area (TPSA) is 115 Å². The molecular weight excluding hydrogens is 432 g/mol. The summed E-state index contributed by atoms with van der Waals surface area (Å²) in [5, 5.41) is 6.85. The molecule has 0 radical (unpaired) electrons. The third-order valence-electron chi connectivity index (χ3n) is 4.14. The summed E-state index contributed by atoms with van der Waals surface area (Å²) in [4.78, 5) is 16.4. The fourth-order valence-corrected chi connectivity index (χ4v) is 3.74. The Hall–Kier alpha value is -2.95. The zero-order valence-electron chi connectivity index (χ0n) is 16.2. The van der Waals surface area contributed by atoms with Gasteiger partial charge in [-0.25, -0.2) is 8.42 Å². The summed E-state index contributed by atoms with van der Waals surface area (Å²) in [6.45, 7) is -0.402. The molecule has 11 heteroatoms. The van der Waals surface area contributed by atoms with Crippen LogP contribution in [0.2, 0.25) is 5.02 Å². The maximum atomic E-state index is 12.5. The normalized spacial score (nSPS) is 11.5. The number of methoxy groups -OCH3 is 1. The van der Waals surface area contributed by atoms with Gasteiger partial charge in [-0.15, -0.1) is 0 Å². The van der Waals surface area contributed by atoms with Gasteiger partial charge in [-0.2, -0.15) is 9.29 Å². The molecular formula is C19H19ClN4O5S. The summed E-state index contributed by atoms with van der Waals surface area (Å²) in [5.41, 5.74) is 0.728. The van der Waals surface area contributed by atoms with Gasteiger partial charge in [0.25, 0.3) is 0 Å². The van der Waals surface area contributed by atoms with E-state index in [1.165, 1.54) is 31.3 Å². The number of hydrogen-bond acceptors (Lipinski definition) is 7. The van der Waals surface area contributed by atoms with Crippen LogP contribution in [0.15, 0.2) is 57.9 Å². The van der Waals surface area contributed by atoms with Gasteiger partial charge in [-0.05, 0) is 48.5 Å². The summed E-state index contributed by atoms with van der Waals surface area (Å²) in [6, 6.07) is 12.8. The maximum Gasteiger partial charge on any atom is 0.246 e. The first-order valence-corrected chi connectivity index (χ1v) is 10.6. The largest absolute Gasteiger partial charge is 0.497 e. The van der Waals surface area contributed by atoms with E-state index in [1.54, 1.807) is 31.4 Å². The molecule has 1 N–H and O–H groups in total. The number of benzene rings is 2. The number of carbonyl (C=O) groups is 1. The van der Waals surface area contributed by atoms with Crippen LogP contribution in [0.25, 0.3) is 11.4 Å². The molecule has 0 fully saturated rings. The molecule has 2 aromatic carbocycles. The summed E-state index contributed by atoms with van der Waals surface area (Å²) in [5.74, 6) is 0.744. The van der Waals surface area contributed by atoms with Crippen molar-refractivity contribution >= 4 is 27.5 Å². The fraction of sp³-hybridized carbons (Fsp3) is 0.211. The Morgan fingerprint density at radius 3 is 2.47 bits per heavy atom. The second-order valence-corrected chi connectivity index (χ2v) is 8.71. The second kappa shape index (κ2) is 9.24. The molecule has 30 heavy (non-hydrogen) atoms. The van der Waals surface area contributed by atoms with Gasteiger partial charge in [-0.1, -0.05) is 16.8 Å². The van der Waals surface area contributed by atoms with Crippen LogP contribution in [-0.2, 0) is 21.4 Å². The first-order valence-electron chi connectivity index (χ1n) is 8.75. The molecule has 0 saturated carbocycles. The third-order valence-corrected chi connectivity index (χ3v) is 6.21. The molecule has 0 saturated heterocycles. The molecule has 0 aliphatic carbocycles. The van der Waals surface area contributed by atoms with Gasteiger partial charge >= 0.3 is 0 Å². The molecule has 0 bridgehead atoms. The van der Waals surface area contributed by atoms with Crippen LogP contribution in [0.5, 0.6) is 5.75 Å². The lowest BCUT2D eigenvalue weighted by Gasteiger charge is -2.16. The quantitative estimate of drug-likeness (QED) is 0.560. The van der Waals surface area contributed by atoms with Crippen molar-refractivity contribution in [2.75, 3.05) is 20.7 Å². The standard InChI is InChI=1S/C19H19ClN4O5S/c1-24(30(26,27)16-9-5-14(20)6-10-16)12-17(25)21-11-18-22-19(23-29-18)13-3-7-15(28-2)8-4-13/h3-10H,11-12H2,1-2H3,(H,21,25). The highest BCUT2D eigenvalue weighted by atomic mass is 35.5. The molecule has 0 atom stereocenters. The third kappa shape index (κ3) is 5.15. The van der Waals surface area contributed by atoms with Gasteiger partial charge in [-0.3, -0.25) is 4.79 Å². The van der Waals surface area contributed by atoms with E-state index in [2.05, 4.69) is 15.5 Å². The number of amides is 1. The number of nitrogens with zero attached hydrogens (tertiary/aromatic N) is 3. The van der Waals surface area contributed by atoms with Gasteiger partial charge < -0.3 is 14.6 Å². The van der Waals surface area contributed by atoms with Crippen LogP contribution in [0, 0.1) is 0 Å². The van der Waals surface area contributed by atoms with Gasteiger partial charge in [0, 0.05) is 17.6 Å². The number of nitrogens with one attached hydrogen (secondary N) is 1. The highest BCUT2D eigenvalue weighted by Crippen LogP contribution is 2.20. The van der Waals surface area contributed by atoms with Crippen molar-refractivity contribution in [3.05, 3.63) is 59.4 Å². The maximum absolute atomic E-state index is 12.5. The number of sulfonamides is 1. The monoisotopic (exact) mass is 450 g/mol. The number of aromatic nitrogens is 2. The van der Waals surface area contributed by atoms with Crippen molar-refractivity contribution in [1.82, 2.24) is 19.8 Å². The molecule has 0 spiro atoms. The minimum absolute atomic E-state index is 0.0309. The van der Waals surface area contributed by atoms with Crippen LogP contribution in [0.3, 0.4) is 0 Å². The predicted octanol–water partition coefficient (Wildman–Crippen LogP) is 2.34. The van der Waals surface area contributed by atoms with E-state index >= 15 is 0 Å². The number of halogens is 1. The molecule has 9 nitrogen and oxygen atoms in total. The highest BCUT2D eigenvalue weighted by molar-refractivity contribution is 7.89. The molecule has 0 unspecified atom stereocenters. The Labute approximate surface area is 178 Å². The molecule has 1 aromatic heterocycles. The molecule has 3 aromatic rings. The molecule has 3 rings (SSSR count). The lowest BCUT2D eigenvalue weighted by Crippen LogP contribution is -2.38. The number of carbonyl (C=O) groups excluding carboxylic acids is 1. The van der Waals surface area contributed by atoms with Crippen molar-refractivity contribution in [2.45, 2.75) is 11.4 Å². The zero-order valence-corrected chi connectivity index (χ0v) is 17.8. The van der Waals surface area contributed by atoms with E-state index in [9.17, 15) is 13.2 Å². The SMILES string of the molecule is COc1ccc(-c2noc(CNC(=O)CN(C)S(=O)(=O)c3ccc(Cl)cc3)n2)cc1. The first-order chi connectivity index (χ1) is 14.3. The minimum atomic E-state index is -3.82. The Bertz CT molecular complexity index is 1110. The van der Waals surface area contributed by atoms with Crippen LogP contribution in [0.4, 0.5) is 0 Å². The van der Waals surface area contributed by atoms with Gasteiger partial charge in [0.15, 0.2) is 0 Å². The average Bonchev–Trinajstić information content (AvgIpc) is 3.21. The Balaban J connectivity index is 1.56. The van der Waals surface area contributed by atoms with Crippen molar-refractivity contribution < 1.29 is 22.5 Å². The number of hydrogen-bond donors (Lipinski definition) is 1. The van der Waals surface area contributed by atoms with E-state index in [1.807, 2.05) is 0 Å².